The molecule has 0 amide bonds. The van der Waals surface area contributed by atoms with Crippen molar-refractivity contribution in [2.24, 2.45) is 0 Å². The zero-order valence-electron chi connectivity index (χ0n) is 11.8. The Labute approximate surface area is 128 Å². The number of pyridine rings is 3. The van der Waals surface area contributed by atoms with Crippen LogP contribution in [0.15, 0.2) is 79.5 Å². The fraction of sp³-hybridized carbons (Fsp3) is 0. The van der Waals surface area contributed by atoms with Crippen LogP contribution in [0.25, 0.3) is 33.2 Å². The molecule has 4 aromatic rings. The molecule has 0 aliphatic carbocycles. The van der Waals surface area contributed by atoms with Crippen LogP contribution < -0.4 is 0 Å². The number of aromatic nitrogens is 3. The van der Waals surface area contributed by atoms with E-state index in [-0.39, 0.29) is 0 Å². The summed E-state index contributed by atoms with van der Waals surface area (Å²) in [6.07, 6.45) is 9.08. The van der Waals surface area contributed by atoms with Crippen molar-refractivity contribution in [3.05, 3.63) is 79.5 Å². The third-order valence-corrected chi connectivity index (χ3v) is 3.75. The molecular weight excluding hydrogens is 270 g/mol. The Morgan fingerprint density at radius 2 is 1.14 bits per heavy atom. The molecule has 3 nitrogen and oxygen atoms in total. The van der Waals surface area contributed by atoms with Gasteiger partial charge in [-0.15, -0.1) is 0 Å². The van der Waals surface area contributed by atoms with E-state index in [4.69, 9.17) is 0 Å². The zero-order chi connectivity index (χ0) is 14.8. The maximum Gasteiger partial charge on any atom is 0.0786 e. The molecule has 0 saturated carbocycles. The Morgan fingerprint density at radius 1 is 0.545 bits per heavy atom. The highest BCUT2D eigenvalue weighted by Crippen LogP contribution is 2.33. The van der Waals surface area contributed by atoms with Gasteiger partial charge >= 0.3 is 0 Å². The van der Waals surface area contributed by atoms with E-state index in [0.29, 0.717) is 0 Å². The van der Waals surface area contributed by atoms with Gasteiger partial charge in [-0.2, -0.15) is 0 Å². The lowest BCUT2D eigenvalue weighted by molar-refractivity contribution is 1.32. The van der Waals surface area contributed by atoms with Crippen LogP contribution >= 0.6 is 0 Å². The Balaban J connectivity index is 2.01. The van der Waals surface area contributed by atoms with Gasteiger partial charge in [0, 0.05) is 41.9 Å². The standard InChI is InChI=1S/C19H13N3/c1-2-18-16(14-5-10-20-11-6-14)3-4-17(19(18)22-9-1)15-7-12-21-13-8-15/h1-13H. The molecule has 3 heterocycles. The first kappa shape index (κ1) is 12.7. The van der Waals surface area contributed by atoms with Gasteiger partial charge < -0.3 is 0 Å². The predicted molar refractivity (Wildman–Crippen MR) is 88.2 cm³/mol. The van der Waals surface area contributed by atoms with Crippen LogP contribution in [0.4, 0.5) is 0 Å². The van der Waals surface area contributed by atoms with Crippen LogP contribution in [-0.4, -0.2) is 15.0 Å². The van der Waals surface area contributed by atoms with Crippen molar-refractivity contribution in [3.8, 4) is 22.3 Å². The van der Waals surface area contributed by atoms with E-state index in [2.05, 4.69) is 33.2 Å². The van der Waals surface area contributed by atoms with Crippen LogP contribution in [0, 0.1) is 0 Å². The van der Waals surface area contributed by atoms with Gasteiger partial charge in [-0.1, -0.05) is 18.2 Å². The molecule has 3 heteroatoms. The second-order valence-corrected chi connectivity index (χ2v) is 5.03. The SMILES string of the molecule is c1cnc2c(-c3ccncc3)ccc(-c3ccncc3)c2c1. The van der Waals surface area contributed by atoms with Gasteiger partial charge in [-0.25, -0.2) is 0 Å². The minimum Gasteiger partial charge on any atom is -0.265 e. The minimum absolute atomic E-state index is 1.00. The third-order valence-electron chi connectivity index (χ3n) is 3.75. The molecule has 0 aliphatic rings. The third kappa shape index (κ3) is 2.13. The molecule has 0 aliphatic heterocycles. The van der Waals surface area contributed by atoms with Gasteiger partial charge in [0.25, 0.3) is 0 Å². The van der Waals surface area contributed by atoms with Crippen molar-refractivity contribution >= 4 is 10.9 Å². The number of hydrogen-bond donors (Lipinski definition) is 0. The summed E-state index contributed by atoms with van der Waals surface area (Å²) in [6.45, 7) is 0. The Bertz CT molecular complexity index is 841. The fourth-order valence-corrected chi connectivity index (χ4v) is 2.72. The van der Waals surface area contributed by atoms with Crippen LogP contribution in [0.1, 0.15) is 0 Å². The van der Waals surface area contributed by atoms with Crippen molar-refractivity contribution in [2.45, 2.75) is 0 Å². The summed E-state index contributed by atoms with van der Waals surface area (Å²) in [5.41, 5.74) is 5.57. The fourth-order valence-electron chi connectivity index (χ4n) is 2.72. The topological polar surface area (TPSA) is 38.7 Å². The largest absolute Gasteiger partial charge is 0.265 e. The second kappa shape index (κ2) is 5.37. The minimum atomic E-state index is 1.00. The van der Waals surface area contributed by atoms with E-state index in [1.807, 2.05) is 48.9 Å². The molecule has 0 saturated heterocycles. The maximum atomic E-state index is 4.61. The molecule has 3 aromatic heterocycles. The quantitative estimate of drug-likeness (QED) is 0.548. The lowest BCUT2D eigenvalue weighted by atomic mass is 9.96. The Hall–Kier alpha value is -3.07. The highest BCUT2D eigenvalue weighted by Gasteiger charge is 2.09. The van der Waals surface area contributed by atoms with Crippen molar-refractivity contribution in [1.29, 1.82) is 0 Å². The Morgan fingerprint density at radius 3 is 1.82 bits per heavy atom. The second-order valence-electron chi connectivity index (χ2n) is 5.03. The average Bonchev–Trinajstić information content (AvgIpc) is 2.62. The summed E-state index contributed by atoms with van der Waals surface area (Å²) in [5, 5.41) is 1.14. The molecule has 4 rings (SSSR count). The van der Waals surface area contributed by atoms with Gasteiger partial charge in [0.1, 0.15) is 0 Å². The average molecular weight is 283 g/mol. The number of nitrogens with zero attached hydrogens (tertiary/aromatic N) is 3. The monoisotopic (exact) mass is 283 g/mol. The molecular formula is C19H13N3. The predicted octanol–water partition coefficient (Wildman–Crippen LogP) is 4.36. The lowest BCUT2D eigenvalue weighted by Crippen LogP contribution is -1.88. The summed E-state index contributed by atoms with van der Waals surface area (Å²) in [7, 11) is 0. The zero-order valence-corrected chi connectivity index (χ0v) is 11.8. The smallest absolute Gasteiger partial charge is 0.0786 e. The molecule has 1 aromatic carbocycles. The first-order valence-electron chi connectivity index (χ1n) is 7.12. The number of benzene rings is 1. The van der Waals surface area contributed by atoms with Gasteiger partial charge in [0.05, 0.1) is 5.52 Å². The van der Waals surface area contributed by atoms with Crippen LogP contribution in [0.3, 0.4) is 0 Å². The van der Waals surface area contributed by atoms with E-state index in [0.717, 1.165) is 27.6 Å². The molecule has 104 valence electrons. The molecule has 0 N–H and O–H groups in total. The molecule has 0 fully saturated rings. The highest BCUT2D eigenvalue weighted by molar-refractivity contribution is 6.02. The molecule has 0 atom stereocenters. The van der Waals surface area contributed by atoms with Crippen molar-refractivity contribution < 1.29 is 0 Å². The normalized spacial score (nSPS) is 10.7. The van der Waals surface area contributed by atoms with Gasteiger partial charge in [0.15, 0.2) is 0 Å². The van der Waals surface area contributed by atoms with E-state index < -0.39 is 0 Å². The van der Waals surface area contributed by atoms with E-state index in [1.54, 1.807) is 12.4 Å². The van der Waals surface area contributed by atoms with Crippen LogP contribution in [0.5, 0.6) is 0 Å². The molecule has 0 spiro atoms. The molecule has 0 radical (unpaired) electrons. The summed E-state index contributed by atoms with van der Waals surface area (Å²) >= 11 is 0. The summed E-state index contributed by atoms with van der Waals surface area (Å²) in [6, 6.07) is 16.4. The van der Waals surface area contributed by atoms with Crippen molar-refractivity contribution in [1.82, 2.24) is 15.0 Å². The van der Waals surface area contributed by atoms with Crippen molar-refractivity contribution in [2.75, 3.05) is 0 Å². The first-order valence-corrected chi connectivity index (χ1v) is 7.12. The lowest BCUT2D eigenvalue weighted by Gasteiger charge is -2.10. The van der Waals surface area contributed by atoms with Crippen molar-refractivity contribution in [3.63, 3.8) is 0 Å². The summed E-state index contributed by atoms with van der Waals surface area (Å²) < 4.78 is 0. The number of fused-ring (bicyclic) bond motifs is 1. The van der Waals surface area contributed by atoms with E-state index in [9.17, 15) is 0 Å². The molecule has 0 unspecified atom stereocenters. The molecule has 0 bridgehead atoms. The number of rotatable bonds is 2. The Kier molecular flexibility index (Phi) is 3.09. The van der Waals surface area contributed by atoms with Crippen LogP contribution in [-0.2, 0) is 0 Å². The van der Waals surface area contributed by atoms with Gasteiger partial charge in [-0.05, 0) is 47.0 Å². The van der Waals surface area contributed by atoms with Gasteiger partial charge in [0.2, 0.25) is 0 Å². The summed E-state index contributed by atoms with van der Waals surface area (Å²) in [4.78, 5) is 12.8. The number of hydrogen-bond acceptors (Lipinski definition) is 3. The van der Waals surface area contributed by atoms with Crippen LogP contribution in [0.2, 0.25) is 0 Å². The maximum absolute atomic E-state index is 4.61. The highest BCUT2D eigenvalue weighted by atomic mass is 14.7. The van der Waals surface area contributed by atoms with E-state index >= 15 is 0 Å². The first-order chi connectivity index (χ1) is 10.9. The summed E-state index contributed by atoms with van der Waals surface area (Å²) in [5.74, 6) is 0. The molecule has 22 heavy (non-hydrogen) atoms. The van der Waals surface area contributed by atoms with E-state index in [1.165, 1.54) is 5.56 Å². The van der Waals surface area contributed by atoms with Gasteiger partial charge in [-0.3, -0.25) is 15.0 Å².